The van der Waals surface area contributed by atoms with Crippen LogP contribution in [-0.4, -0.2) is 21.5 Å². The van der Waals surface area contributed by atoms with E-state index in [2.05, 4.69) is 23.9 Å². The van der Waals surface area contributed by atoms with Crippen LogP contribution in [0.1, 0.15) is 51.5 Å². The first-order chi connectivity index (χ1) is 9.60. The first-order valence-corrected chi connectivity index (χ1v) is 9.74. The Balaban J connectivity index is 2.42. The Morgan fingerprint density at radius 3 is 2.60 bits per heavy atom. The fourth-order valence-corrected chi connectivity index (χ4v) is 4.15. The molecule has 0 saturated carbocycles. The summed E-state index contributed by atoms with van der Waals surface area (Å²) < 4.78 is 27.3. The highest BCUT2D eigenvalue weighted by atomic mass is 32.2. The smallest absolute Gasteiger partial charge is 0.250 e. The van der Waals surface area contributed by atoms with E-state index < -0.39 is 10.0 Å². The predicted molar refractivity (Wildman–Crippen MR) is 85.6 cm³/mol. The second-order valence-electron chi connectivity index (χ2n) is 4.91. The van der Waals surface area contributed by atoms with Crippen LogP contribution in [0.15, 0.2) is 15.7 Å². The van der Waals surface area contributed by atoms with Crippen LogP contribution in [0.3, 0.4) is 0 Å². The quantitative estimate of drug-likeness (QED) is 0.616. The molecule has 1 rings (SSSR count). The summed E-state index contributed by atoms with van der Waals surface area (Å²) in [5, 5.41) is 5.18. The molecule has 0 aliphatic rings. The van der Waals surface area contributed by atoms with E-state index in [1.165, 1.54) is 11.3 Å². The number of unbranched alkanes of at least 4 members (excludes halogenated alkanes) is 3. The van der Waals surface area contributed by atoms with Gasteiger partial charge in [-0.3, -0.25) is 0 Å². The Hall–Kier alpha value is -0.430. The molecule has 0 unspecified atom stereocenters. The minimum absolute atomic E-state index is 0.418. The zero-order valence-corrected chi connectivity index (χ0v) is 14.1. The van der Waals surface area contributed by atoms with Gasteiger partial charge in [-0.15, -0.1) is 11.3 Å². The standard InChI is InChI=1S/C14H26N2O2S2/c1-3-5-6-7-9-16-20(17,18)14-10-13(12-19-14)11-15-8-4-2/h10,12,15-16H,3-9,11H2,1-2H3. The van der Waals surface area contributed by atoms with E-state index in [0.29, 0.717) is 10.8 Å². The molecule has 116 valence electrons. The molecule has 0 bridgehead atoms. The third kappa shape index (κ3) is 6.35. The van der Waals surface area contributed by atoms with Crippen molar-refractivity contribution >= 4 is 21.4 Å². The van der Waals surface area contributed by atoms with Crippen LogP contribution in [0, 0.1) is 0 Å². The van der Waals surface area contributed by atoms with Crippen molar-refractivity contribution in [2.75, 3.05) is 13.1 Å². The molecule has 0 radical (unpaired) electrons. The molecule has 1 aromatic heterocycles. The number of hydrogen-bond donors (Lipinski definition) is 2. The van der Waals surface area contributed by atoms with Crippen LogP contribution in [0.4, 0.5) is 0 Å². The summed E-state index contributed by atoms with van der Waals surface area (Å²) in [6.07, 6.45) is 5.38. The molecule has 0 spiro atoms. The molecular formula is C14H26N2O2S2. The summed E-state index contributed by atoms with van der Waals surface area (Å²) in [4.78, 5) is 0. The average Bonchev–Trinajstić information content (AvgIpc) is 2.88. The molecule has 20 heavy (non-hydrogen) atoms. The second-order valence-corrected chi connectivity index (χ2v) is 7.81. The SMILES string of the molecule is CCCCCCNS(=O)(=O)c1cc(CNCCC)cs1. The molecule has 2 N–H and O–H groups in total. The van der Waals surface area contributed by atoms with E-state index >= 15 is 0 Å². The minimum Gasteiger partial charge on any atom is -0.313 e. The van der Waals surface area contributed by atoms with Gasteiger partial charge < -0.3 is 5.32 Å². The lowest BCUT2D eigenvalue weighted by atomic mass is 10.2. The zero-order chi connectivity index (χ0) is 14.8. The van der Waals surface area contributed by atoms with Gasteiger partial charge >= 0.3 is 0 Å². The van der Waals surface area contributed by atoms with Gasteiger partial charge in [-0.2, -0.15) is 0 Å². The molecular weight excluding hydrogens is 292 g/mol. The molecule has 0 aliphatic heterocycles. The first kappa shape index (κ1) is 17.6. The van der Waals surface area contributed by atoms with Crippen LogP contribution >= 0.6 is 11.3 Å². The molecule has 0 fully saturated rings. The minimum atomic E-state index is -3.32. The van der Waals surface area contributed by atoms with Crippen molar-refractivity contribution in [2.24, 2.45) is 0 Å². The van der Waals surface area contributed by atoms with Crippen LogP contribution in [-0.2, 0) is 16.6 Å². The van der Waals surface area contributed by atoms with Gasteiger partial charge in [-0.1, -0.05) is 33.1 Å². The Kier molecular flexibility index (Phi) is 8.37. The van der Waals surface area contributed by atoms with Gasteiger partial charge in [0.25, 0.3) is 0 Å². The monoisotopic (exact) mass is 318 g/mol. The van der Waals surface area contributed by atoms with Gasteiger partial charge in [0.15, 0.2) is 0 Å². The highest BCUT2D eigenvalue weighted by Crippen LogP contribution is 2.20. The van der Waals surface area contributed by atoms with Crippen molar-refractivity contribution in [3.8, 4) is 0 Å². The van der Waals surface area contributed by atoms with E-state index in [1.54, 1.807) is 6.07 Å². The van der Waals surface area contributed by atoms with Gasteiger partial charge in [0.2, 0.25) is 10.0 Å². The highest BCUT2D eigenvalue weighted by Gasteiger charge is 2.15. The van der Waals surface area contributed by atoms with Gasteiger partial charge in [-0.05, 0) is 36.4 Å². The predicted octanol–water partition coefficient (Wildman–Crippen LogP) is 3.11. The summed E-state index contributed by atoms with van der Waals surface area (Å²) >= 11 is 1.29. The molecule has 0 aliphatic carbocycles. The Bertz CT molecular complexity index is 469. The van der Waals surface area contributed by atoms with Gasteiger partial charge in [0, 0.05) is 13.1 Å². The summed E-state index contributed by atoms with van der Waals surface area (Å²) in [6.45, 7) is 6.47. The summed E-state index contributed by atoms with van der Waals surface area (Å²) in [6, 6.07) is 1.77. The largest absolute Gasteiger partial charge is 0.313 e. The third-order valence-corrected chi connectivity index (χ3v) is 5.92. The Morgan fingerprint density at radius 1 is 1.10 bits per heavy atom. The maximum atomic E-state index is 12.1. The maximum Gasteiger partial charge on any atom is 0.250 e. The van der Waals surface area contributed by atoms with Crippen LogP contribution in [0.5, 0.6) is 0 Å². The average molecular weight is 319 g/mol. The molecule has 0 aromatic carbocycles. The molecule has 0 atom stereocenters. The van der Waals surface area contributed by atoms with Crippen LogP contribution < -0.4 is 10.0 Å². The van der Waals surface area contributed by atoms with Crippen LogP contribution in [0.25, 0.3) is 0 Å². The second kappa shape index (κ2) is 9.50. The molecule has 1 aromatic rings. The normalized spacial score (nSPS) is 11.9. The van der Waals surface area contributed by atoms with Gasteiger partial charge in [0.1, 0.15) is 4.21 Å². The summed E-state index contributed by atoms with van der Waals surface area (Å²) in [7, 11) is -3.32. The van der Waals surface area contributed by atoms with Crippen molar-refractivity contribution in [1.82, 2.24) is 10.0 Å². The van der Waals surface area contributed by atoms with Gasteiger partial charge in [-0.25, -0.2) is 13.1 Å². The van der Waals surface area contributed by atoms with Crippen molar-refractivity contribution in [3.05, 3.63) is 17.0 Å². The highest BCUT2D eigenvalue weighted by molar-refractivity contribution is 7.91. The number of rotatable bonds is 11. The van der Waals surface area contributed by atoms with E-state index in [9.17, 15) is 8.42 Å². The fraction of sp³-hybridized carbons (Fsp3) is 0.714. The first-order valence-electron chi connectivity index (χ1n) is 7.38. The van der Waals surface area contributed by atoms with Gasteiger partial charge in [0.05, 0.1) is 0 Å². The molecule has 0 amide bonds. The number of nitrogens with one attached hydrogen (secondary N) is 2. The Labute approximate surface area is 127 Å². The molecule has 6 heteroatoms. The van der Waals surface area contributed by atoms with Crippen molar-refractivity contribution in [2.45, 2.75) is 56.7 Å². The maximum absolute atomic E-state index is 12.1. The lowest BCUT2D eigenvalue weighted by molar-refractivity contribution is 0.575. The van der Waals surface area contributed by atoms with Crippen molar-refractivity contribution in [1.29, 1.82) is 0 Å². The van der Waals surface area contributed by atoms with E-state index in [-0.39, 0.29) is 0 Å². The molecule has 1 heterocycles. The van der Waals surface area contributed by atoms with Crippen molar-refractivity contribution < 1.29 is 8.42 Å². The number of hydrogen-bond acceptors (Lipinski definition) is 4. The summed E-state index contributed by atoms with van der Waals surface area (Å²) in [5.41, 5.74) is 1.04. The lowest BCUT2D eigenvalue weighted by Crippen LogP contribution is -2.24. The number of thiophene rings is 1. The number of sulfonamides is 1. The lowest BCUT2D eigenvalue weighted by Gasteiger charge is -2.04. The van der Waals surface area contributed by atoms with Crippen LogP contribution in [0.2, 0.25) is 0 Å². The van der Waals surface area contributed by atoms with Crippen molar-refractivity contribution in [3.63, 3.8) is 0 Å². The van der Waals surface area contributed by atoms with E-state index in [0.717, 1.165) is 50.8 Å². The fourth-order valence-electron chi connectivity index (χ4n) is 1.83. The zero-order valence-electron chi connectivity index (χ0n) is 12.4. The van der Waals surface area contributed by atoms with E-state index in [4.69, 9.17) is 0 Å². The Morgan fingerprint density at radius 2 is 1.90 bits per heavy atom. The molecule has 0 saturated heterocycles. The molecule has 4 nitrogen and oxygen atoms in total. The topological polar surface area (TPSA) is 58.2 Å². The third-order valence-electron chi connectivity index (χ3n) is 2.97. The van der Waals surface area contributed by atoms with E-state index in [1.807, 2.05) is 5.38 Å². The summed E-state index contributed by atoms with van der Waals surface area (Å²) in [5.74, 6) is 0.